The van der Waals surface area contributed by atoms with Gasteiger partial charge < -0.3 is 9.84 Å². The molecule has 1 aromatic carbocycles. The first-order chi connectivity index (χ1) is 8.65. The fourth-order valence-electron chi connectivity index (χ4n) is 1.56. The molecule has 0 aliphatic heterocycles. The van der Waals surface area contributed by atoms with Crippen molar-refractivity contribution in [1.29, 1.82) is 0 Å². The molecule has 2 rings (SSSR count). The maximum atomic E-state index is 12.6. The molecule has 2 aromatic rings. The number of benzene rings is 1. The van der Waals surface area contributed by atoms with E-state index in [1.165, 1.54) is 17.9 Å². The summed E-state index contributed by atoms with van der Waals surface area (Å²) in [4.78, 5) is 0. The van der Waals surface area contributed by atoms with Crippen LogP contribution in [-0.2, 0) is 6.61 Å². The fraction of sp³-hybridized carbons (Fsp3) is 0.250. The highest BCUT2D eigenvalue weighted by molar-refractivity contribution is 5.38. The van der Waals surface area contributed by atoms with Crippen LogP contribution in [0.1, 0.15) is 17.7 Å². The van der Waals surface area contributed by atoms with Gasteiger partial charge in [0.15, 0.2) is 0 Å². The van der Waals surface area contributed by atoms with Crippen LogP contribution < -0.4 is 4.74 Å². The van der Waals surface area contributed by atoms with Gasteiger partial charge in [-0.2, -0.15) is 5.10 Å². The number of hydrogen-bond acceptors (Lipinski definition) is 3. The topological polar surface area (TPSA) is 47.3 Å². The third-order valence-corrected chi connectivity index (χ3v) is 2.49. The number of halogens is 2. The lowest BCUT2D eigenvalue weighted by molar-refractivity contribution is 0.145. The summed E-state index contributed by atoms with van der Waals surface area (Å²) >= 11 is 0. The van der Waals surface area contributed by atoms with Crippen LogP contribution in [0.3, 0.4) is 0 Å². The molecule has 1 N–H and O–H groups in total. The first-order valence-electron chi connectivity index (χ1n) is 5.28. The SMILES string of the molecule is COc1cc(C(F)F)nn1-c1ccc(CO)cc1. The van der Waals surface area contributed by atoms with Gasteiger partial charge in [0, 0.05) is 6.07 Å². The minimum absolute atomic E-state index is 0.0706. The molecule has 0 atom stereocenters. The van der Waals surface area contributed by atoms with Gasteiger partial charge in [-0.3, -0.25) is 0 Å². The Hall–Kier alpha value is -1.95. The summed E-state index contributed by atoms with van der Waals surface area (Å²) in [6, 6.07) is 7.94. The highest BCUT2D eigenvalue weighted by atomic mass is 19.3. The second kappa shape index (κ2) is 5.14. The van der Waals surface area contributed by atoms with E-state index in [0.717, 1.165) is 5.56 Å². The van der Waals surface area contributed by atoms with Crippen molar-refractivity contribution in [2.24, 2.45) is 0 Å². The van der Waals surface area contributed by atoms with E-state index in [4.69, 9.17) is 9.84 Å². The number of aliphatic hydroxyl groups is 1. The van der Waals surface area contributed by atoms with E-state index >= 15 is 0 Å². The van der Waals surface area contributed by atoms with E-state index in [9.17, 15) is 8.78 Å². The van der Waals surface area contributed by atoms with Gasteiger partial charge in [0.2, 0.25) is 5.88 Å². The second-order valence-electron chi connectivity index (χ2n) is 3.65. The average molecular weight is 254 g/mol. The number of aliphatic hydroxyl groups excluding tert-OH is 1. The van der Waals surface area contributed by atoms with Gasteiger partial charge in [-0.15, -0.1) is 0 Å². The highest BCUT2D eigenvalue weighted by Crippen LogP contribution is 2.25. The lowest BCUT2D eigenvalue weighted by Crippen LogP contribution is -2.00. The molecule has 0 unspecified atom stereocenters. The third-order valence-electron chi connectivity index (χ3n) is 2.49. The number of nitrogens with zero attached hydrogens (tertiary/aromatic N) is 2. The van der Waals surface area contributed by atoms with Gasteiger partial charge in [0.05, 0.1) is 19.4 Å². The third kappa shape index (κ3) is 2.33. The molecule has 0 saturated carbocycles. The Balaban J connectivity index is 2.41. The minimum Gasteiger partial charge on any atom is -0.481 e. The first kappa shape index (κ1) is 12.5. The van der Waals surface area contributed by atoms with Crippen LogP contribution in [0.4, 0.5) is 8.78 Å². The number of rotatable bonds is 4. The molecule has 0 aliphatic rings. The predicted octanol–water partition coefficient (Wildman–Crippen LogP) is 2.31. The van der Waals surface area contributed by atoms with Crippen LogP contribution in [0, 0.1) is 0 Å². The maximum Gasteiger partial charge on any atom is 0.282 e. The van der Waals surface area contributed by atoms with Gasteiger partial charge in [-0.25, -0.2) is 13.5 Å². The Bertz CT molecular complexity index is 523. The Morgan fingerprint density at radius 2 is 2.00 bits per heavy atom. The van der Waals surface area contributed by atoms with Crippen molar-refractivity contribution in [3.8, 4) is 11.6 Å². The van der Waals surface area contributed by atoms with Gasteiger partial charge >= 0.3 is 0 Å². The number of aromatic nitrogens is 2. The summed E-state index contributed by atoms with van der Waals surface area (Å²) in [5.74, 6) is 0.238. The second-order valence-corrected chi connectivity index (χ2v) is 3.65. The minimum atomic E-state index is -2.64. The van der Waals surface area contributed by atoms with Crippen LogP contribution in [-0.4, -0.2) is 22.0 Å². The molecule has 4 nitrogen and oxygen atoms in total. The molecule has 1 aromatic heterocycles. The molecule has 96 valence electrons. The van der Waals surface area contributed by atoms with E-state index in [1.54, 1.807) is 24.3 Å². The summed E-state index contributed by atoms with van der Waals surface area (Å²) < 4.78 is 31.4. The van der Waals surface area contributed by atoms with E-state index in [2.05, 4.69) is 5.10 Å². The smallest absolute Gasteiger partial charge is 0.282 e. The lowest BCUT2D eigenvalue weighted by atomic mass is 10.2. The monoisotopic (exact) mass is 254 g/mol. The normalized spacial score (nSPS) is 10.9. The molecule has 6 heteroatoms. The standard InChI is InChI=1S/C12H12F2N2O2/c1-18-11-6-10(12(13)14)15-16(11)9-4-2-8(7-17)3-5-9/h2-6,12,17H,7H2,1H3. The zero-order valence-electron chi connectivity index (χ0n) is 9.68. The molecule has 0 aliphatic carbocycles. The summed E-state index contributed by atoms with van der Waals surface area (Å²) in [5.41, 5.74) is 0.994. The van der Waals surface area contributed by atoms with E-state index < -0.39 is 6.43 Å². The van der Waals surface area contributed by atoms with Crippen LogP contribution in [0.15, 0.2) is 30.3 Å². The van der Waals surface area contributed by atoms with Crippen molar-refractivity contribution < 1.29 is 18.6 Å². The van der Waals surface area contributed by atoms with Crippen LogP contribution >= 0.6 is 0 Å². The van der Waals surface area contributed by atoms with E-state index in [1.807, 2.05) is 0 Å². The zero-order chi connectivity index (χ0) is 13.1. The number of alkyl halides is 2. The molecule has 0 fully saturated rings. The molecule has 0 radical (unpaired) electrons. The Morgan fingerprint density at radius 3 is 2.50 bits per heavy atom. The maximum absolute atomic E-state index is 12.6. The van der Waals surface area contributed by atoms with Crippen molar-refractivity contribution in [3.63, 3.8) is 0 Å². The van der Waals surface area contributed by atoms with Gasteiger partial charge in [0.1, 0.15) is 5.69 Å². The van der Waals surface area contributed by atoms with Gasteiger partial charge in [-0.05, 0) is 17.7 Å². The predicted molar refractivity (Wildman–Crippen MR) is 61.0 cm³/mol. The van der Waals surface area contributed by atoms with Gasteiger partial charge in [0.25, 0.3) is 6.43 Å². The molecule has 0 saturated heterocycles. The summed E-state index contributed by atoms with van der Waals surface area (Å²) in [6.45, 7) is -0.0706. The molecule has 0 spiro atoms. The van der Waals surface area contributed by atoms with Crippen molar-refractivity contribution in [2.75, 3.05) is 7.11 Å². The number of hydrogen-bond donors (Lipinski definition) is 1. The highest BCUT2D eigenvalue weighted by Gasteiger charge is 2.16. The van der Waals surface area contributed by atoms with Crippen LogP contribution in [0.2, 0.25) is 0 Å². The van der Waals surface area contributed by atoms with Crippen molar-refractivity contribution in [3.05, 3.63) is 41.6 Å². The summed E-state index contributed by atoms with van der Waals surface area (Å²) in [6.07, 6.45) is -2.64. The van der Waals surface area contributed by atoms with E-state index in [0.29, 0.717) is 5.69 Å². The van der Waals surface area contributed by atoms with Crippen molar-refractivity contribution in [1.82, 2.24) is 9.78 Å². The molecular weight excluding hydrogens is 242 g/mol. The molecule has 18 heavy (non-hydrogen) atoms. The summed E-state index contributed by atoms with van der Waals surface area (Å²) in [5, 5.41) is 12.7. The largest absolute Gasteiger partial charge is 0.481 e. The summed E-state index contributed by atoms with van der Waals surface area (Å²) in [7, 11) is 1.39. The Morgan fingerprint density at radius 1 is 1.33 bits per heavy atom. The fourth-order valence-corrected chi connectivity index (χ4v) is 1.56. The molecule has 0 amide bonds. The number of ether oxygens (including phenoxy) is 1. The number of methoxy groups -OCH3 is 1. The lowest BCUT2D eigenvalue weighted by Gasteiger charge is -2.06. The Kier molecular flexibility index (Phi) is 3.57. The Labute approximate surface area is 102 Å². The molecule has 1 heterocycles. The van der Waals surface area contributed by atoms with Crippen molar-refractivity contribution in [2.45, 2.75) is 13.0 Å². The van der Waals surface area contributed by atoms with Crippen LogP contribution in [0.25, 0.3) is 5.69 Å². The van der Waals surface area contributed by atoms with Gasteiger partial charge in [-0.1, -0.05) is 12.1 Å². The van der Waals surface area contributed by atoms with Crippen LogP contribution in [0.5, 0.6) is 5.88 Å². The zero-order valence-corrected chi connectivity index (χ0v) is 9.68. The first-order valence-corrected chi connectivity index (χ1v) is 5.28. The molecular formula is C12H12F2N2O2. The average Bonchev–Trinajstić information content (AvgIpc) is 2.83. The van der Waals surface area contributed by atoms with Crippen molar-refractivity contribution >= 4 is 0 Å². The molecule has 0 bridgehead atoms. The van der Waals surface area contributed by atoms with E-state index in [-0.39, 0.29) is 18.2 Å². The quantitative estimate of drug-likeness (QED) is 0.910.